The number of benzene rings is 2. The van der Waals surface area contributed by atoms with Crippen molar-refractivity contribution in [1.82, 2.24) is 20.0 Å². The van der Waals surface area contributed by atoms with Crippen LogP contribution in [0, 0.1) is 11.8 Å². The number of nitrogens with zero attached hydrogens (tertiary/aromatic N) is 5. The molecule has 39 heavy (non-hydrogen) atoms. The molecular weight excluding hydrogens is 486 g/mol. The minimum Gasteiger partial charge on any atom is -0.354 e. The van der Waals surface area contributed by atoms with E-state index in [4.69, 9.17) is 14.5 Å². The molecule has 0 radical (unpaired) electrons. The molecule has 4 aromatic rings. The SMILES string of the molecule is CCCCC(CC)C(=O)N1CCCN(c2nc(CC(C)C)nc3onc(-c4ccc5ccccc5c4)c23)CC1. The molecule has 3 heterocycles. The summed E-state index contributed by atoms with van der Waals surface area (Å²) in [5.41, 5.74) is 2.29. The predicted molar refractivity (Wildman–Crippen MR) is 158 cm³/mol. The third kappa shape index (κ3) is 5.92. The normalized spacial score (nSPS) is 15.3. The Balaban J connectivity index is 1.50. The first-order chi connectivity index (χ1) is 19.0. The van der Waals surface area contributed by atoms with Crippen LogP contribution in [0.5, 0.6) is 0 Å². The Morgan fingerprint density at radius 1 is 1.00 bits per heavy atom. The van der Waals surface area contributed by atoms with E-state index in [1.54, 1.807) is 0 Å². The minimum atomic E-state index is 0.123. The zero-order valence-corrected chi connectivity index (χ0v) is 23.8. The van der Waals surface area contributed by atoms with Crippen molar-refractivity contribution in [2.75, 3.05) is 31.1 Å². The summed E-state index contributed by atoms with van der Waals surface area (Å²) in [6.45, 7) is 11.7. The van der Waals surface area contributed by atoms with Gasteiger partial charge in [-0.05, 0) is 42.0 Å². The average Bonchev–Trinajstić information content (AvgIpc) is 3.21. The van der Waals surface area contributed by atoms with Gasteiger partial charge in [-0.15, -0.1) is 0 Å². The Labute approximate surface area is 231 Å². The third-order valence-corrected chi connectivity index (χ3v) is 7.83. The molecule has 2 aromatic carbocycles. The Bertz CT molecular complexity index is 1430. The first kappa shape index (κ1) is 27.1. The van der Waals surface area contributed by atoms with Gasteiger partial charge in [-0.3, -0.25) is 4.79 Å². The number of hydrogen-bond donors (Lipinski definition) is 0. The highest BCUT2D eigenvalue weighted by atomic mass is 16.5. The fourth-order valence-electron chi connectivity index (χ4n) is 5.66. The van der Waals surface area contributed by atoms with Crippen LogP contribution in [0.2, 0.25) is 0 Å². The largest absolute Gasteiger partial charge is 0.354 e. The summed E-state index contributed by atoms with van der Waals surface area (Å²) in [7, 11) is 0. The molecule has 0 saturated carbocycles. The van der Waals surface area contributed by atoms with Crippen LogP contribution in [0.3, 0.4) is 0 Å². The Morgan fingerprint density at radius 2 is 1.82 bits per heavy atom. The molecule has 1 atom stereocenters. The van der Waals surface area contributed by atoms with E-state index in [1.807, 2.05) is 0 Å². The fourth-order valence-corrected chi connectivity index (χ4v) is 5.66. The molecule has 0 aliphatic carbocycles. The summed E-state index contributed by atoms with van der Waals surface area (Å²) in [4.78, 5) is 27.7. The van der Waals surface area contributed by atoms with E-state index in [2.05, 4.69) is 85.1 Å². The van der Waals surface area contributed by atoms with Gasteiger partial charge in [0.15, 0.2) is 0 Å². The highest BCUT2D eigenvalue weighted by Gasteiger charge is 2.28. The maximum Gasteiger partial charge on any atom is 0.263 e. The number of aromatic nitrogens is 3. The molecule has 1 fully saturated rings. The van der Waals surface area contributed by atoms with Crippen molar-refractivity contribution in [3.05, 3.63) is 48.3 Å². The number of carbonyl (C=O) groups is 1. The van der Waals surface area contributed by atoms with Crippen molar-refractivity contribution < 1.29 is 9.32 Å². The van der Waals surface area contributed by atoms with Gasteiger partial charge in [0, 0.05) is 44.1 Å². The minimum absolute atomic E-state index is 0.123. The number of unbranched alkanes of at least 4 members (excludes halogenated alkanes) is 1. The van der Waals surface area contributed by atoms with Crippen LogP contribution >= 0.6 is 0 Å². The molecule has 7 heteroatoms. The van der Waals surface area contributed by atoms with Gasteiger partial charge in [-0.2, -0.15) is 4.98 Å². The van der Waals surface area contributed by atoms with Crippen LogP contribution < -0.4 is 4.90 Å². The summed E-state index contributed by atoms with van der Waals surface area (Å²) in [6.07, 6.45) is 5.78. The molecule has 0 spiro atoms. The summed E-state index contributed by atoms with van der Waals surface area (Å²) in [5.74, 6) is 2.49. The monoisotopic (exact) mass is 527 g/mol. The lowest BCUT2D eigenvalue weighted by Crippen LogP contribution is -2.39. The molecule has 5 rings (SSSR count). The molecule has 0 bridgehead atoms. The summed E-state index contributed by atoms with van der Waals surface area (Å²) in [5, 5.41) is 7.70. The Hall–Kier alpha value is -3.48. The molecule has 7 nitrogen and oxygen atoms in total. The molecule has 1 aliphatic heterocycles. The Kier molecular flexibility index (Phi) is 8.44. The number of rotatable bonds is 9. The van der Waals surface area contributed by atoms with Gasteiger partial charge in [-0.1, -0.05) is 82.1 Å². The van der Waals surface area contributed by atoms with Crippen molar-refractivity contribution in [3.63, 3.8) is 0 Å². The molecule has 1 unspecified atom stereocenters. The number of amides is 1. The van der Waals surface area contributed by atoms with E-state index >= 15 is 0 Å². The van der Waals surface area contributed by atoms with Crippen LogP contribution in [-0.4, -0.2) is 52.1 Å². The molecule has 1 saturated heterocycles. The van der Waals surface area contributed by atoms with Crippen molar-refractivity contribution in [3.8, 4) is 11.3 Å². The van der Waals surface area contributed by atoms with Crippen molar-refractivity contribution in [1.29, 1.82) is 0 Å². The van der Waals surface area contributed by atoms with E-state index in [-0.39, 0.29) is 5.92 Å². The smallest absolute Gasteiger partial charge is 0.263 e. The molecule has 206 valence electrons. The second-order valence-corrected chi connectivity index (χ2v) is 11.2. The predicted octanol–water partition coefficient (Wildman–Crippen LogP) is 6.89. The van der Waals surface area contributed by atoms with E-state index in [1.165, 1.54) is 5.39 Å². The maximum atomic E-state index is 13.4. The molecule has 0 N–H and O–H groups in total. The van der Waals surface area contributed by atoms with Gasteiger partial charge >= 0.3 is 0 Å². The number of fused-ring (bicyclic) bond motifs is 2. The highest BCUT2D eigenvalue weighted by Crippen LogP contribution is 2.35. The zero-order chi connectivity index (χ0) is 27.4. The van der Waals surface area contributed by atoms with Gasteiger partial charge in [0.1, 0.15) is 22.7 Å². The second kappa shape index (κ2) is 12.1. The highest BCUT2D eigenvalue weighted by molar-refractivity contribution is 6.00. The van der Waals surface area contributed by atoms with Crippen molar-refractivity contribution >= 4 is 33.6 Å². The van der Waals surface area contributed by atoms with Gasteiger partial charge in [-0.25, -0.2) is 4.98 Å². The van der Waals surface area contributed by atoms with Crippen LogP contribution in [0.15, 0.2) is 47.0 Å². The lowest BCUT2D eigenvalue weighted by atomic mass is 9.97. The van der Waals surface area contributed by atoms with Crippen LogP contribution in [-0.2, 0) is 11.2 Å². The quantitative estimate of drug-likeness (QED) is 0.236. The fraction of sp³-hybridized carbons (Fsp3) is 0.500. The molecule has 1 amide bonds. The van der Waals surface area contributed by atoms with Crippen molar-refractivity contribution in [2.24, 2.45) is 11.8 Å². The van der Waals surface area contributed by atoms with Gasteiger partial charge < -0.3 is 14.3 Å². The third-order valence-electron chi connectivity index (χ3n) is 7.83. The van der Waals surface area contributed by atoms with E-state index in [9.17, 15) is 4.79 Å². The molecular formula is C32H41N5O2. The van der Waals surface area contributed by atoms with Gasteiger partial charge in [0.2, 0.25) is 5.91 Å². The summed E-state index contributed by atoms with van der Waals surface area (Å²) in [6, 6.07) is 14.7. The second-order valence-electron chi connectivity index (χ2n) is 11.2. The van der Waals surface area contributed by atoms with Crippen LogP contribution in [0.1, 0.15) is 65.6 Å². The van der Waals surface area contributed by atoms with Crippen LogP contribution in [0.25, 0.3) is 33.1 Å². The topological polar surface area (TPSA) is 75.4 Å². The number of carbonyl (C=O) groups excluding carboxylic acids is 1. The number of anilines is 1. The van der Waals surface area contributed by atoms with Gasteiger partial charge in [0.05, 0.1) is 0 Å². The van der Waals surface area contributed by atoms with E-state index in [0.717, 1.165) is 91.8 Å². The standard InChI is InChI=1S/C32H41N5O2/c1-5-7-11-23(6-2)32(38)37-17-10-16-36(18-19-37)30-28-29(26-15-14-24-12-8-9-13-25(24)21-26)35-39-31(28)34-27(33-30)20-22(3)4/h8-9,12-15,21-23H,5-7,10-11,16-20H2,1-4H3. The lowest BCUT2D eigenvalue weighted by molar-refractivity contribution is -0.135. The Morgan fingerprint density at radius 3 is 2.59 bits per heavy atom. The van der Waals surface area contributed by atoms with Crippen molar-refractivity contribution in [2.45, 2.75) is 66.2 Å². The summed E-state index contributed by atoms with van der Waals surface area (Å²) < 4.78 is 5.85. The zero-order valence-electron chi connectivity index (χ0n) is 23.8. The first-order valence-electron chi connectivity index (χ1n) is 14.7. The number of hydrogen-bond acceptors (Lipinski definition) is 6. The van der Waals surface area contributed by atoms with E-state index in [0.29, 0.717) is 24.1 Å². The van der Waals surface area contributed by atoms with Crippen LogP contribution in [0.4, 0.5) is 5.82 Å². The summed E-state index contributed by atoms with van der Waals surface area (Å²) >= 11 is 0. The molecule has 1 aliphatic rings. The average molecular weight is 528 g/mol. The molecule has 2 aromatic heterocycles. The van der Waals surface area contributed by atoms with Gasteiger partial charge in [0.25, 0.3) is 5.71 Å². The lowest BCUT2D eigenvalue weighted by Gasteiger charge is -2.26. The maximum absolute atomic E-state index is 13.4. The van der Waals surface area contributed by atoms with E-state index < -0.39 is 0 Å². The first-order valence-corrected chi connectivity index (χ1v) is 14.7.